The molecule has 8 nitrogen and oxygen atoms in total. The average Bonchev–Trinajstić information content (AvgIpc) is 3.32. The molecule has 192 valence electrons. The van der Waals surface area contributed by atoms with Crippen LogP contribution < -0.4 is 9.80 Å². The minimum atomic E-state index is -4.00. The Bertz CT molecular complexity index is 1740. The smallest absolute Gasteiger partial charge is 0.266 e. The van der Waals surface area contributed by atoms with Crippen LogP contribution in [-0.2, 0) is 9.84 Å². The van der Waals surface area contributed by atoms with Crippen LogP contribution in [0.1, 0.15) is 41.4 Å². The molecule has 0 aliphatic carbocycles. The summed E-state index contributed by atoms with van der Waals surface area (Å²) < 4.78 is 26.5. The van der Waals surface area contributed by atoms with Gasteiger partial charge >= 0.3 is 0 Å². The van der Waals surface area contributed by atoms with Gasteiger partial charge in [0.2, 0.25) is 9.84 Å². The van der Waals surface area contributed by atoms with Gasteiger partial charge in [0.05, 0.1) is 43.4 Å². The molecule has 0 unspecified atom stereocenters. The van der Waals surface area contributed by atoms with Gasteiger partial charge in [-0.25, -0.2) is 18.2 Å². The molecule has 0 N–H and O–H groups in total. The highest BCUT2D eigenvalue weighted by molar-refractivity contribution is 7.91. The van der Waals surface area contributed by atoms with Gasteiger partial charge in [0, 0.05) is 10.0 Å². The Labute approximate surface area is 231 Å². The molecule has 39 heavy (non-hydrogen) atoms. The highest BCUT2D eigenvalue weighted by Gasteiger charge is 2.38. The third-order valence-electron chi connectivity index (χ3n) is 6.51. The Balaban J connectivity index is 1.26. The maximum Gasteiger partial charge on any atom is 0.266 e. The normalized spacial score (nSPS) is 14.7. The van der Waals surface area contributed by atoms with Crippen LogP contribution >= 0.6 is 23.2 Å². The number of rotatable bonds is 4. The Kier molecular flexibility index (Phi) is 5.69. The first-order valence-electron chi connectivity index (χ1n) is 11.4. The first kappa shape index (κ1) is 25.0. The number of carbonyl (C=O) groups excluding carboxylic acids is 4. The van der Waals surface area contributed by atoms with Gasteiger partial charge in [0.15, 0.2) is 0 Å². The van der Waals surface area contributed by atoms with Gasteiger partial charge in [-0.2, -0.15) is 0 Å². The number of hydrogen-bond acceptors (Lipinski definition) is 6. The Morgan fingerprint density at radius 2 is 0.795 bits per heavy atom. The van der Waals surface area contributed by atoms with E-state index in [1.807, 2.05) is 0 Å². The molecule has 2 heterocycles. The number of nitrogens with zero attached hydrogens (tertiary/aromatic N) is 2. The van der Waals surface area contributed by atoms with E-state index in [0.29, 0.717) is 10.0 Å². The molecular formula is C28H14Cl2N2O6S. The predicted molar refractivity (Wildman–Crippen MR) is 144 cm³/mol. The topological polar surface area (TPSA) is 109 Å². The lowest BCUT2D eigenvalue weighted by Crippen LogP contribution is -2.29. The van der Waals surface area contributed by atoms with Crippen molar-refractivity contribution < 1.29 is 27.6 Å². The summed E-state index contributed by atoms with van der Waals surface area (Å²) in [4.78, 5) is 53.0. The largest absolute Gasteiger partial charge is 0.268 e. The molecule has 4 amide bonds. The minimum absolute atomic E-state index is 0.0750. The lowest BCUT2D eigenvalue weighted by atomic mass is 10.1. The van der Waals surface area contributed by atoms with Gasteiger partial charge in [0.25, 0.3) is 23.6 Å². The van der Waals surface area contributed by atoms with Crippen molar-refractivity contribution in [2.45, 2.75) is 9.79 Å². The Morgan fingerprint density at radius 1 is 0.462 bits per heavy atom. The van der Waals surface area contributed by atoms with Gasteiger partial charge in [-0.05, 0) is 84.9 Å². The third-order valence-corrected chi connectivity index (χ3v) is 8.76. The molecule has 2 aliphatic heterocycles. The van der Waals surface area contributed by atoms with Crippen LogP contribution in [0, 0.1) is 0 Å². The lowest BCUT2D eigenvalue weighted by Gasteiger charge is -2.15. The van der Waals surface area contributed by atoms with Crippen molar-refractivity contribution in [2.24, 2.45) is 0 Å². The predicted octanol–water partition coefficient (Wildman–Crippen LogP) is 5.43. The second kappa shape index (κ2) is 8.88. The Morgan fingerprint density at radius 3 is 1.15 bits per heavy atom. The van der Waals surface area contributed by atoms with Gasteiger partial charge in [-0.1, -0.05) is 23.2 Å². The summed E-state index contributed by atoms with van der Waals surface area (Å²) in [5.74, 6) is -2.18. The summed E-state index contributed by atoms with van der Waals surface area (Å²) in [5.41, 5.74) is 1.18. The van der Waals surface area contributed by atoms with Crippen LogP contribution in [0.5, 0.6) is 0 Å². The van der Waals surface area contributed by atoms with E-state index in [1.54, 1.807) is 0 Å². The zero-order valence-corrected chi connectivity index (χ0v) is 21.9. The van der Waals surface area contributed by atoms with Crippen LogP contribution in [0.3, 0.4) is 0 Å². The van der Waals surface area contributed by atoms with Crippen molar-refractivity contribution >= 4 is 68.0 Å². The summed E-state index contributed by atoms with van der Waals surface area (Å²) in [7, 11) is -4.00. The highest BCUT2D eigenvalue weighted by atomic mass is 35.5. The molecule has 4 aromatic rings. The first-order valence-corrected chi connectivity index (χ1v) is 13.6. The van der Waals surface area contributed by atoms with E-state index < -0.39 is 33.5 Å². The number of anilines is 2. The fourth-order valence-corrected chi connectivity index (χ4v) is 6.19. The molecule has 2 aliphatic rings. The molecule has 0 radical (unpaired) electrons. The molecular weight excluding hydrogens is 563 g/mol. The van der Waals surface area contributed by atoms with Crippen LogP contribution in [0.2, 0.25) is 10.0 Å². The number of halogens is 2. The van der Waals surface area contributed by atoms with Crippen LogP contribution in [-0.4, -0.2) is 32.0 Å². The molecule has 4 aromatic carbocycles. The zero-order valence-electron chi connectivity index (χ0n) is 19.6. The van der Waals surface area contributed by atoms with E-state index >= 15 is 0 Å². The standard InChI is InChI=1S/C28H14Cl2N2O6S/c29-15-1-11-21-23(13-15)27(35)31(25(21)33)17-3-7-19(8-4-17)39(37,38)20-9-5-18(6-10-20)32-26(34)22-12-2-16(30)14-24(22)28(32)36/h1-14H. The van der Waals surface area contributed by atoms with Crippen molar-refractivity contribution in [3.8, 4) is 0 Å². The van der Waals surface area contributed by atoms with E-state index in [-0.39, 0.29) is 43.4 Å². The second-order valence-electron chi connectivity index (χ2n) is 8.76. The number of amides is 4. The van der Waals surface area contributed by atoms with E-state index in [2.05, 4.69) is 0 Å². The zero-order chi connectivity index (χ0) is 27.6. The molecule has 0 atom stereocenters. The molecule has 6 rings (SSSR count). The SMILES string of the molecule is O=C1c2ccc(Cl)cc2C(=O)N1c1ccc(S(=O)(=O)c2ccc(N3C(=O)c4ccc(Cl)cc4C3=O)cc2)cc1. The monoisotopic (exact) mass is 576 g/mol. The van der Waals surface area contributed by atoms with Gasteiger partial charge in [0.1, 0.15) is 0 Å². The number of imide groups is 2. The number of benzene rings is 4. The minimum Gasteiger partial charge on any atom is -0.268 e. The number of hydrogen-bond donors (Lipinski definition) is 0. The molecule has 0 saturated heterocycles. The number of carbonyl (C=O) groups is 4. The van der Waals surface area contributed by atoms with Crippen LogP contribution in [0.25, 0.3) is 0 Å². The summed E-state index contributed by atoms with van der Waals surface area (Å²) >= 11 is 11.9. The van der Waals surface area contributed by atoms with E-state index in [1.165, 1.54) is 84.9 Å². The van der Waals surface area contributed by atoms with Crippen molar-refractivity contribution in [1.29, 1.82) is 0 Å². The van der Waals surface area contributed by atoms with Gasteiger partial charge in [-0.3, -0.25) is 19.2 Å². The molecule has 0 fully saturated rings. The fraction of sp³-hybridized carbons (Fsp3) is 0. The van der Waals surface area contributed by atoms with E-state index in [4.69, 9.17) is 23.2 Å². The van der Waals surface area contributed by atoms with E-state index in [0.717, 1.165) is 9.80 Å². The third kappa shape index (κ3) is 3.85. The summed E-state index contributed by atoms with van der Waals surface area (Å²) in [6, 6.07) is 19.5. The molecule has 0 saturated carbocycles. The second-order valence-corrected chi connectivity index (χ2v) is 11.6. The van der Waals surface area contributed by atoms with Gasteiger partial charge < -0.3 is 0 Å². The maximum atomic E-state index is 13.3. The van der Waals surface area contributed by atoms with Crippen molar-refractivity contribution in [2.75, 3.05) is 9.80 Å². The van der Waals surface area contributed by atoms with Crippen LogP contribution in [0.15, 0.2) is 94.7 Å². The lowest BCUT2D eigenvalue weighted by molar-refractivity contribution is 0.0910. The quantitative estimate of drug-likeness (QED) is 0.300. The molecule has 0 spiro atoms. The molecule has 0 aromatic heterocycles. The fourth-order valence-electron chi connectivity index (χ4n) is 4.58. The average molecular weight is 577 g/mol. The van der Waals surface area contributed by atoms with Crippen molar-refractivity contribution in [3.63, 3.8) is 0 Å². The summed E-state index contributed by atoms with van der Waals surface area (Å²) in [6.07, 6.45) is 0. The molecule has 11 heteroatoms. The number of sulfone groups is 1. The Hall–Kier alpha value is -4.31. The van der Waals surface area contributed by atoms with E-state index in [9.17, 15) is 27.6 Å². The summed E-state index contributed by atoms with van der Waals surface area (Å²) in [6.45, 7) is 0. The van der Waals surface area contributed by atoms with Crippen molar-refractivity contribution in [1.82, 2.24) is 0 Å². The molecule has 0 bridgehead atoms. The maximum absolute atomic E-state index is 13.3. The number of fused-ring (bicyclic) bond motifs is 2. The van der Waals surface area contributed by atoms with Crippen LogP contribution in [0.4, 0.5) is 11.4 Å². The first-order chi connectivity index (χ1) is 18.6. The van der Waals surface area contributed by atoms with Gasteiger partial charge in [-0.15, -0.1) is 0 Å². The highest BCUT2D eigenvalue weighted by Crippen LogP contribution is 2.33. The van der Waals surface area contributed by atoms with Crippen molar-refractivity contribution in [3.05, 3.63) is 117 Å². The summed E-state index contributed by atoms with van der Waals surface area (Å²) in [5, 5.41) is 0.633.